The average Bonchev–Trinajstić information content (AvgIpc) is 3.67. The maximum atomic E-state index is 13.5. The highest BCUT2D eigenvalue weighted by molar-refractivity contribution is 5.99. The molecule has 41 heavy (non-hydrogen) atoms. The van der Waals surface area contributed by atoms with Crippen LogP contribution in [0.25, 0.3) is 16.9 Å². The van der Waals surface area contributed by atoms with Crippen molar-refractivity contribution < 1.29 is 28.2 Å². The van der Waals surface area contributed by atoms with Gasteiger partial charge in [0.1, 0.15) is 12.4 Å². The molecule has 0 saturated carbocycles. The molecule has 1 aliphatic rings. The second-order valence-corrected chi connectivity index (χ2v) is 9.60. The molecular formula is C31H31FN4O5. The number of aromatic nitrogens is 2. The molecule has 2 heterocycles. The van der Waals surface area contributed by atoms with Crippen molar-refractivity contribution in [3.8, 4) is 28.4 Å². The van der Waals surface area contributed by atoms with Crippen molar-refractivity contribution >= 4 is 17.8 Å². The van der Waals surface area contributed by atoms with Gasteiger partial charge in [-0.15, -0.1) is 0 Å². The fraction of sp³-hybridized carbons (Fsp3) is 0.258. The number of hydrogen-bond donors (Lipinski definition) is 1. The number of imidazole rings is 1. The quantitative estimate of drug-likeness (QED) is 0.296. The number of anilines is 1. The van der Waals surface area contributed by atoms with Gasteiger partial charge in [0.25, 0.3) is 5.91 Å². The number of benzene rings is 3. The summed E-state index contributed by atoms with van der Waals surface area (Å²) in [4.78, 5) is 32.9. The van der Waals surface area contributed by atoms with E-state index < -0.39 is 11.7 Å². The van der Waals surface area contributed by atoms with Crippen molar-refractivity contribution in [3.05, 3.63) is 90.4 Å². The molecule has 1 N–H and O–H groups in total. The lowest BCUT2D eigenvalue weighted by Crippen LogP contribution is -2.42. The molecule has 212 valence electrons. The summed E-state index contributed by atoms with van der Waals surface area (Å²) in [5, 5.41) is 2.88. The van der Waals surface area contributed by atoms with Crippen LogP contribution in [0.2, 0.25) is 0 Å². The minimum Gasteiger partial charge on any atom is -0.493 e. The summed E-state index contributed by atoms with van der Waals surface area (Å²) in [6, 6.07) is 20.2. The lowest BCUT2D eigenvalue weighted by Gasteiger charge is -2.25. The Kier molecular flexibility index (Phi) is 8.59. The molecule has 1 aromatic heterocycles. The average molecular weight is 559 g/mol. The summed E-state index contributed by atoms with van der Waals surface area (Å²) < 4.78 is 31.8. The van der Waals surface area contributed by atoms with Crippen molar-refractivity contribution in [2.75, 3.05) is 39.2 Å². The highest BCUT2D eigenvalue weighted by atomic mass is 19.1. The smallest absolute Gasteiger partial charge is 0.254 e. The van der Waals surface area contributed by atoms with Crippen LogP contribution in [0.3, 0.4) is 0 Å². The van der Waals surface area contributed by atoms with Crippen LogP contribution < -0.4 is 14.8 Å². The van der Waals surface area contributed by atoms with Gasteiger partial charge in [0, 0.05) is 36.5 Å². The van der Waals surface area contributed by atoms with E-state index in [1.54, 1.807) is 30.9 Å². The molecule has 10 heteroatoms. The Morgan fingerprint density at radius 3 is 2.49 bits per heavy atom. The number of nitrogens with one attached hydrogen (secondary N) is 1. The normalized spacial score (nSPS) is 14.5. The van der Waals surface area contributed by atoms with E-state index in [4.69, 9.17) is 19.2 Å². The molecule has 0 radical (unpaired) electrons. The second kappa shape index (κ2) is 12.6. The van der Waals surface area contributed by atoms with Crippen LogP contribution in [-0.4, -0.2) is 66.3 Å². The van der Waals surface area contributed by atoms with E-state index in [-0.39, 0.29) is 36.6 Å². The molecule has 1 fully saturated rings. The number of rotatable bonds is 10. The van der Waals surface area contributed by atoms with Crippen LogP contribution in [0.15, 0.2) is 79.0 Å². The van der Waals surface area contributed by atoms with Crippen molar-refractivity contribution in [2.24, 2.45) is 0 Å². The molecule has 4 aromatic rings. The number of carbonyl (C=O) groups is 2. The molecule has 5 rings (SSSR count). The number of ether oxygens (including phenoxy) is 3. The molecule has 0 aliphatic carbocycles. The second-order valence-electron chi connectivity index (χ2n) is 9.60. The van der Waals surface area contributed by atoms with Gasteiger partial charge in [-0.05, 0) is 49.2 Å². The van der Waals surface area contributed by atoms with Crippen LogP contribution in [-0.2, 0) is 9.53 Å². The van der Waals surface area contributed by atoms with Crippen molar-refractivity contribution in [1.29, 1.82) is 0 Å². The van der Waals surface area contributed by atoms with Crippen LogP contribution in [0.4, 0.5) is 10.3 Å². The van der Waals surface area contributed by atoms with E-state index in [9.17, 15) is 14.0 Å². The lowest BCUT2D eigenvalue weighted by atomic mass is 10.1. The number of halogens is 1. The minimum absolute atomic E-state index is 0.175. The van der Waals surface area contributed by atoms with E-state index >= 15 is 0 Å². The molecular weight excluding hydrogens is 527 g/mol. The van der Waals surface area contributed by atoms with Crippen LogP contribution in [0.1, 0.15) is 23.2 Å². The Labute approximate surface area is 237 Å². The first-order chi connectivity index (χ1) is 19.9. The fourth-order valence-corrected chi connectivity index (χ4v) is 4.75. The van der Waals surface area contributed by atoms with Gasteiger partial charge in [0.05, 0.1) is 31.7 Å². The predicted octanol–water partition coefficient (Wildman–Crippen LogP) is 4.96. The summed E-state index contributed by atoms with van der Waals surface area (Å²) in [6.45, 7) is 0.610. The molecule has 1 aliphatic heterocycles. The summed E-state index contributed by atoms with van der Waals surface area (Å²) in [5.74, 6) is 0.0852. The lowest BCUT2D eigenvalue weighted by molar-refractivity contribution is -0.117. The van der Waals surface area contributed by atoms with Crippen molar-refractivity contribution in [1.82, 2.24) is 14.5 Å². The van der Waals surface area contributed by atoms with Gasteiger partial charge in [0.15, 0.2) is 11.5 Å². The Morgan fingerprint density at radius 1 is 1.05 bits per heavy atom. The first-order valence-corrected chi connectivity index (χ1v) is 13.3. The summed E-state index contributed by atoms with van der Waals surface area (Å²) in [6.07, 6.45) is 3.32. The highest BCUT2D eigenvalue weighted by Gasteiger charge is 2.26. The number of carbonyl (C=O) groups excluding carboxylic acids is 2. The van der Waals surface area contributed by atoms with Gasteiger partial charge in [-0.2, -0.15) is 0 Å². The van der Waals surface area contributed by atoms with Gasteiger partial charge < -0.3 is 19.1 Å². The van der Waals surface area contributed by atoms with Gasteiger partial charge in [-0.3, -0.25) is 19.5 Å². The van der Waals surface area contributed by atoms with Gasteiger partial charge in [-0.25, -0.2) is 9.37 Å². The minimum atomic E-state index is -0.443. The molecule has 0 spiro atoms. The Hall–Kier alpha value is -4.70. The third kappa shape index (κ3) is 6.55. The summed E-state index contributed by atoms with van der Waals surface area (Å²) >= 11 is 0. The van der Waals surface area contributed by atoms with Crippen LogP contribution in [0.5, 0.6) is 11.5 Å². The number of methoxy groups -OCH3 is 2. The number of amides is 2. The van der Waals surface area contributed by atoms with E-state index in [0.29, 0.717) is 29.5 Å². The maximum Gasteiger partial charge on any atom is 0.254 e. The van der Waals surface area contributed by atoms with Gasteiger partial charge >= 0.3 is 0 Å². The van der Waals surface area contributed by atoms with E-state index in [0.717, 1.165) is 18.4 Å². The Bertz CT molecular complexity index is 1500. The predicted molar refractivity (Wildman–Crippen MR) is 152 cm³/mol. The molecule has 1 atom stereocenters. The Morgan fingerprint density at radius 2 is 1.80 bits per heavy atom. The van der Waals surface area contributed by atoms with E-state index in [1.165, 1.54) is 29.2 Å². The zero-order chi connectivity index (χ0) is 28.8. The molecule has 1 saturated heterocycles. The molecule has 9 nitrogen and oxygen atoms in total. The molecule has 0 bridgehead atoms. The topological polar surface area (TPSA) is 94.9 Å². The van der Waals surface area contributed by atoms with Crippen LogP contribution >= 0.6 is 0 Å². The van der Waals surface area contributed by atoms with E-state index in [1.807, 2.05) is 42.6 Å². The standard InChI is InChI=1S/C31H31FN4O5/c1-39-27-15-14-24(17-28(27)40-2)36-19-26(21-7-4-3-5-8-21)33-31(36)34-29(37)20-35(18-25-9-6-16-41-25)30(38)22-10-12-23(32)13-11-22/h3-5,7-8,10-15,17,19,25H,6,9,16,18,20H2,1-2H3,(H,33,34,37)/t25-/m0/s1. The largest absolute Gasteiger partial charge is 0.493 e. The maximum absolute atomic E-state index is 13.5. The third-order valence-corrected chi connectivity index (χ3v) is 6.83. The van der Waals surface area contributed by atoms with Crippen molar-refractivity contribution in [3.63, 3.8) is 0 Å². The monoisotopic (exact) mass is 558 g/mol. The van der Waals surface area contributed by atoms with Gasteiger partial charge in [-0.1, -0.05) is 30.3 Å². The summed E-state index contributed by atoms with van der Waals surface area (Å²) in [5.41, 5.74) is 2.49. The molecule has 0 unspecified atom stereocenters. The first-order valence-electron chi connectivity index (χ1n) is 13.3. The first kappa shape index (κ1) is 27.9. The number of hydrogen-bond acceptors (Lipinski definition) is 6. The fourth-order valence-electron chi connectivity index (χ4n) is 4.75. The third-order valence-electron chi connectivity index (χ3n) is 6.83. The van der Waals surface area contributed by atoms with Gasteiger partial charge in [0.2, 0.25) is 11.9 Å². The summed E-state index contributed by atoms with van der Waals surface area (Å²) in [7, 11) is 3.11. The van der Waals surface area contributed by atoms with E-state index in [2.05, 4.69) is 5.32 Å². The SMILES string of the molecule is COc1ccc(-n2cc(-c3ccccc3)nc2NC(=O)CN(C[C@@H]2CCCO2)C(=O)c2ccc(F)cc2)cc1OC. The van der Waals surface area contributed by atoms with Crippen LogP contribution in [0, 0.1) is 5.82 Å². The zero-order valence-corrected chi connectivity index (χ0v) is 22.9. The molecule has 2 amide bonds. The Balaban J connectivity index is 1.44. The zero-order valence-electron chi connectivity index (χ0n) is 22.9. The number of nitrogens with zero attached hydrogens (tertiary/aromatic N) is 3. The highest BCUT2D eigenvalue weighted by Crippen LogP contribution is 2.32. The molecule has 3 aromatic carbocycles. The van der Waals surface area contributed by atoms with Crippen molar-refractivity contribution in [2.45, 2.75) is 18.9 Å².